The molecule has 0 saturated carbocycles. The number of nitrogens with zero attached hydrogens (tertiary/aromatic N) is 1. The molecule has 2 saturated heterocycles. The fraction of sp³-hybridized carbons (Fsp3) is 0.833. The van der Waals surface area contributed by atoms with Gasteiger partial charge in [0.05, 0.1) is 6.61 Å². The van der Waals surface area contributed by atoms with Crippen LogP contribution in [0, 0.1) is 6.61 Å². The van der Waals surface area contributed by atoms with Crippen LogP contribution in [0.2, 0.25) is 0 Å². The first kappa shape index (κ1) is 4.77. The Morgan fingerprint density at radius 1 is 1.62 bits per heavy atom. The summed E-state index contributed by atoms with van der Waals surface area (Å²) in [6, 6.07) is 0. The first-order chi connectivity index (χ1) is 3.97. The molecule has 8 heavy (non-hydrogen) atoms. The second kappa shape index (κ2) is 1.71. The number of fused-ring (bicyclic) bond motifs is 1. The zero-order chi connectivity index (χ0) is 5.40. The second-order valence-corrected chi connectivity index (χ2v) is 2.39. The lowest BCUT2D eigenvalue weighted by atomic mass is 10.4. The van der Waals surface area contributed by atoms with Crippen LogP contribution in [0.25, 0.3) is 0 Å². The van der Waals surface area contributed by atoms with E-state index in [4.69, 9.17) is 4.74 Å². The molecule has 0 aromatic heterocycles. The molecule has 2 aliphatic rings. The van der Waals surface area contributed by atoms with Crippen molar-refractivity contribution >= 4 is 0 Å². The number of hydrogen-bond donors (Lipinski definition) is 0. The molecule has 0 amide bonds. The fourth-order valence-electron chi connectivity index (χ4n) is 1.41. The highest BCUT2D eigenvalue weighted by atomic mass is 16.5. The van der Waals surface area contributed by atoms with E-state index in [0.29, 0.717) is 6.23 Å². The van der Waals surface area contributed by atoms with Crippen LogP contribution >= 0.6 is 0 Å². The van der Waals surface area contributed by atoms with Gasteiger partial charge in [0.1, 0.15) is 6.23 Å². The van der Waals surface area contributed by atoms with Crippen LogP contribution in [0.1, 0.15) is 12.8 Å². The van der Waals surface area contributed by atoms with Crippen LogP contribution in [-0.4, -0.2) is 24.2 Å². The lowest BCUT2D eigenvalue weighted by Gasteiger charge is -2.09. The molecule has 2 aliphatic heterocycles. The maximum Gasteiger partial charge on any atom is 0.111 e. The van der Waals surface area contributed by atoms with Gasteiger partial charge in [0.25, 0.3) is 0 Å². The number of hydrogen-bond acceptors (Lipinski definition) is 2. The quantitative estimate of drug-likeness (QED) is 0.455. The van der Waals surface area contributed by atoms with Crippen molar-refractivity contribution < 1.29 is 4.74 Å². The summed E-state index contributed by atoms with van der Waals surface area (Å²) < 4.78 is 5.28. The molecule has 2 heterocycles. The molecule has 0 aromatic rings. The zero-order valence-electron chi connectivity index (χ0n) is 4.84. The van der Waals surface area contributed by atoms with E-state index in [9.17, 15) is 0 Å². The standard InChI is InChI=1S/C6H10NO/c1-2-6-7(3-1)4-5-8-6/h5-6H,1-4H2. The van der Waals surface area contributed by atoms with Gasteiger partial charge in [-0.15, -0.1) is 0 Å². The van der Waals surface area contributed by atoms with Gasteiger partial charge in [-0.05, 0) is 12.8 Å². The molecule has 1 radical (unpaired) electrons. The highest BCUT2D eigenvalue weighted by Crippen LogP contribution is 2.23. The van der Waals surface area contributed by atoms with Crippen LogP contribution < -0.4 is 0 Å². The molecule has 2 fully saturated rings. The third-order valence-electron chi connectivity index (χ3n) is 1.87. The molecule has 2 nitrogen and oxygen atoms in total. The van der Waals surface area contributed by atoms with Crippen LogP contribution in [0.3, 0.4) is 0 Å². The molecule has 0 spiro atoms. The minimum atomic E-state index is 0.454. The fourth-order valence-corrected chi connectivity index (χ4v) is 1.41. The van der Waals surface area contributed by atoms with Crippen molar-refractivity contribution in [2.75, 3.05) is 13.1 Å². The SMILES string of the molecule is [CH]1CN2CCCC2O1. The van der Waals surface area contributed by atoms with Crippen LogP contribution in [0.4, 0.5) is 0 Å². The van der Waals surface area contributed by atoms with Gasteiger partial charge in [-0.2, -0.15) is 0 Å². The molecule has 0 N–H and O–H groups in total. The normalized spacial score (nSPS) is 38.2. The maximum absolute atomic E-state index is 5.28. The molecule has 45 valence electrons. The molecule has 0 bridgehead atoms. The second-order valence-electron chi connectivity index (χ2n) is 2.39. The first-order valence-corrected chi connectivity index (χ1v) is 3.18. The minimum absolute atomic E-state index is 0.454. The van der Waals surface area contributed by atoms with Crippen molar-refractivity contribution in [1.82, 2.24) is 4.90 Å². The molecule has 2 heteroatoms. The number of ether oxygens (including phenoxy) is 1. The lowest BCUT2D eigenvalue weighted by Crippen LogP contribution is -2.22. The highest BCUT2D eigenvalue weighted by Gasteiger charge is 2.29. The van der Waals surface area contributed by atoms with Crippen molar-refractivity contribution in [2.45, 2.75) is 19.1 Å². The Labute approximate surface area is 49.4 Å². The topological polar surface area (TPSA) is 12.5 Å². The van der Waals surface area contributed by atoms with Gasteiger partial charge in [-0.25, -0.2) is 0 Å². The molecular weight excluding hydrogens is 102 g/mol. The third kappa shape index (κ3) is 0.565. The van der Waals surface area contributed by atoms with E-state index in [0.717, 1.165) is 6.54 Å². The molecule has 2 rings (SSSR count). The van der Waals surface area contributed by atoms with Crippen molar-refractivity contribution in [2.24, 2.45) is 0 Å². The Hall–Kier alpha value is -0.0800. The largest absolute Gasteiger partial charge is 0.356 e. The van der Waals surface area contributed by atoms with Gasteiger partial charge in [0, 0.05) is 13.1 Å². The Bertz CT molecular complexity index is 74.5. The number of rotatable bonds is 0. The summed E-state index contributed by atoms with van der Waals surface area (Å²) >= 11 is 0. The van der Waals surface area contributed by atoms with Gasteiger partial charge >= 0.3 is 0 Å². The van der Waals surface area contributed by atoms with Crippen molar-refractivity contribution in [3.05, 3.63) is 6.61 Å². The summed E-state index contributed by atoms with van der Waals surface area (Å²) in [6.07, 6.45) is 3.00. The first-order valence-electron chi connectivity index (χ1n) is 3.18. The predicted molar refractivity (Wildman–Crippen MR) is 30.0 cm³/mol. The minimum Gasteiger partial charge on any atom is -0.356 e. The van der Waals surface area contributed by atoms with Crippen molar-refractivity contribution in [3.63, 3.8) is 0 Å². The van der Waals surface area contributed by atoms with E-state index in [2.05, 4.69) is 4.90 Å². The average Bonchev–Trinajstić information content (AvgIpc) is 2.15. The molecule has 0 aliphatic carbocycles. The van der Waals surface area contributed by atoms with Crippen LogP contribution in [0.15, 0.2) is 0 Å². The van der Waals surface area contributed by atoms with Crippen molar-refractivity contribution in [3.8, 4) is 0 Å². The Morgan fingerprint density at radius 3 is 3.50 bits per heavy atom. The van der Waals surface area contributed by atoms with Gasteiger partial charge in [-0.3, -0.25) is 4.90 Å². The van der Waals surface area contributed by atoms with Crippen molar-refractivity contribution in [1.29, 1.82) is 0 Å². The zero-order valence-corrected chi connectivity index (χ0v) is 4.84. The van der Waals surface area contributed by atoms with E-state index in [1.807, 2.05) is 6.61 Å². The van der Waals surface area contributed by atoms with Crippen LogP contribution in [0.5, 0.6) is 0 Å². The monoisotopic (exact) mass is 112 g/mol. The summed E-state index contributed by atoms with van der Waals surface area (Å²) in [5.41, 5.74) is 0. The Balaban J connectivity index is 2.04. The summed E-state index contributed by atoms with van der Waals surface area (Å²) in [5, 5.41) is 0. The highest BCUT2D eigenvalue weighted by molar-refractivity contribution is 4.81. The molecular formula is C6H10NO. The summed E-state index contributed by atoms with van der Waals surface area (Å²) in [6.45, 7) is 4.19. The Kier molecular flexibility index (Phi) is 1.02. The maximum atomic E-state index is 5.28. The van der Waals surface area contributed by atoms with Gasteiger partial charge in [0.15, 0.2) is 0 Å². The average molecular weight is 112 g/mol. The third-order valence-corrected chi connectivity index (χ3v) is 1.87. The van der Waals surface area contributed by atoms with E-state index in [-0.39, 0.29) is 0 Å². The summed E-state index contributed by atoms with van der Waals surface area (Å²) in [4.78, 5) is 2.36. The lowest BCUT2D eigenvalue weighted by molar-refractivity contribution is 0.0838. The molecule has 1 unspecified atom stereocenters. The van der Waals surface area contributed by atoms with E-state index < -0.39 is 0 Å². The van der Waals surface area contributed by atoms with E-state index >= 15 is 0 Å². The summed E-state index contributed by atoms with van der Waals surface area (Å²) in [5.74, 6) is 0. The van der Waals surface area contributed by atoms with Gasteiger partial charge in [-0.1, -0.05) is 0 Å². The van der Waals surface area contributed by atoms with Crippen LogP contribution in [-0.2, 0) is 4.74 Å². The van der Waals surface area contributed by atoms with E-state index in [1.165, 1.54) is 19.4 Å². The van der Waals surface area contributed by atoms with E-state index in [1.54, 1.807) is 0 Å². The van der Waals surface area contributed by atoms with Gasteiger partial charge in [0.2, 0.25) is 0 Å². The summed E-state index contributed by atoms with van der Waals surface area (Å²) in [7, 11) is 0. The molecule has 1 atom stereocenters. The Morgan fingerprint density at radius 2 is 2.62 bits per heavy atom. The smallest absolute Gasteiger partial charge is 0.111 e. The van der Waals surface area contributed by atoms with Gasteiger partial charge < -0.3 is 4.74 Å². The predicted octanol–water partition coefficient (Wildman–Crippen LogP) is 0.600. The molecule has 0 aromatic carbocycles.